The fourth-order valence-electron chi connectivity index (χ4n) is 5.90. The Morgan fingerprint density at radius 1 is 1.04 bits per heavy atom. The Kier molecular flexibility index (Phi) is 4.98. The molecule has 0 saturated heterocycles. The van der Waals surface area contributed by atoms with Crippen LogP contribution in [0.25, 0.3) is 0 Å². The van der Waals surface area contributed by atoms with E-state index in [1.807, 2.05) is 0 Å². The van der Waals surface area contributed by atoms with Gasteiger partial charge in [-0.1, -0.05) is 0 Å². The maximum Gasteiger partial charge on any atom is 0.338 e. The number of carbonyl (C=O) groups excluding carboxylic acids is 2. The first kappa shape index (κ1) is 19.4. The lowest BCUT2D eigenvalue weighted by Gasteiger charge is -2.56. The maximum absolute atomic E-state index is 12.2. The molecule has 4 bridgehead atoms. The molecule has 4 aliphatic rings. The topological polar surface area (TPSA) is 89.5 Å². The van der Waals surface area contributed by atoms with Crippen molar-refractivity contribution >= 4 is 21.7 Å². The van der Waals surface area contributed by atoms with Crippen molar-refractivity contribution in [1.82, 2.24) is 5.32 Å². The number of nitrogens with one attached hydrogen (secondary N) is 1. The van der Waals surface area contributed by atoms with E-state index in [4.69, 9.17) is 4.74 Å². The number of sulfone groups is 1. The lowest BCUT2D eigenvalue weighted by atomic mass is 9.49. The van der Waals surface area contributed by atoms with Gasteiger partial charge in [-0.3, -0.25) is 4.79 Å². The number of hydrogen-bond donors (Lipinski definition) is 1. The molecule has 0 heterocycles. The van der Waals surface area contributed by atoms with Crippen molar-refractivity contribution in [1.29, 1.82) is 0 Å². The molecule has 0 aliphatic heterocycles. The second-order valence-corrected chi connectivity index (χ2v) is 11.1. The van der Waals surface area contributed by atoms with E-state index in [9.17, 15) is 18.0 Å². The van der Waals surface area contributed by atoms with Crippen LogP contribution in [0.3, 0.4) is 0 Å². The molecule has 1 amide bonds. The minimum Gasteiger partial charge on any atom is -0.452 e. The van der Waals surface area contributed by atoms with Crippen LogP contribution >= 0.6 is 0 Å². The van der Waals surface area contributed by atoms with Gasteiger partial charge in [-0.25, -0.2) is 13.2 Å². The number of amides is 1. The lowest BCUT2D eigenvalue weighted by Crippen LogP contribution is -2.51. The van der Waals surface area contributed by atoms with E-state index in [2.05, 4.69) is 5.32 Å². The highest BCUT2D eigenvalue weighted by Crippen LogP contribution is 2.59. The van der Waals surface area contributed by atoms with E-state index in [0.29, 0.717) is 6.54 Å². The van der Waals surface area contributed by atoms with Crippen LogP contribution in [0.5, 0.6) is 0 Å². The zero-order valence-corrected chi connectivity index (χ0v) is 17.0. The average Bonchev–Trinajstić information content (AvgIpc) is 2.63. The summed E-state index contributed by atoms with van der Waals surface area (Å²) in [6.45, 7) is 0.356. The van der Waals surface area contributed by atoms with Gasteiger partial charge < -0.3 is 10.1 Å². The van der Waals surface area contributed by atoms with Gasteiger partial charge in [-0.15, -0.1) is 0 Å². The maximum atomic E-state index is 12.2. The number of esters is 1. The summed E-state index contributed by atoms with van der Waals surface area (Å²) in [4.78, 5) is 24.4. The van der Waals surface area contributed by atoms with Crippen LogP contribution in [0.15, 0.2) is 29.2 Å². The van der Waals surface area contributed by atoms with Crippen LogP contribution in [-0.2, 0) is 19.4 Å². The van der Waals surface area contributed by atoms with Crippen molar-refractivity contribution in [3.63, 3.8) is 0 Å². The van der Waals surface area contributed by atoms with Gasteiger partial charge in [0.25, 0.3) is 5.91 Å². The molecular formula is C21H27NO5S. The molecule has 28 heavy (non-hydrogen) atoms. The third-order valence-electron chi connectivity index (χ3n) is 6.68. The summed E-state index contributed by atoms with van der Waals surface area (Å²) >= 11 is 0. The Morgan fingerprint density at radius 3 is 2.07 bits per heavy atom. The minimum absolute atomic E-state index is 0.136. The fourth-order valence-corrected chi connectivity index (χ4v) is 6.53. The van der Waals surface area contributed by atoms with Crippen molar-refractivity contribution < 1.29 is 22.7 Å². The Labute approximate surface area is 165 Å². The second kappa shape index (κ2) is 7.17. The number of ether oxygens (including phenoxy) is 1. The van der Waals surface area contributed by atoms with Crippen LogP contribution in [0, 0.1) is 23.2 Å². The molecule has 7 heteroatoms. The van der Waals surface area contributed by atoms with Crippen molar-refractivity contribution in [3.05, 3.63) is 29.8 Å². The largest absolute Gasteiger partial charge is 0.452 e. The predicted molar refractivity (Wildman–Crippen MR) is 103 cm³/mol. The van der Waals surface area contributed by atoms with Crippen LogP contribution in [0.4, 0.5) is 0 Å². The molecule has 152 valence electrons. The molecule has 6 nitrogen and oxygen atoms in total. The standard InChI is InChI=1S/C21H27NO5S/c1-28(25,26)18-4-2-17(3-5-18)20(24)27-12-19(23)22-13-21-9-14-6-15(10-21)8-16(7-14)11-21/h2-5,14-16H,6-13H2,1H3,(H,22,23). The van der Waals surface area contributed by atoms with E-state index in [1.165, 1.54) is 62.8 Å². The molecule has 1 N–H and O–H groups in total. The number of rotatable bonds is 6. The van der Waals surface area contributed by atoms with E-state index >= 15 is 0 Å². The molecule has 0 unspecified atom stereocenters. The van der Waals surface area contributed by atoms with Crippen molar-refractivity contribution in [2.45, 2.75) is 43.4 Å². The Morgan fingerprint density at radius 2 is 1.57 bits per heavy atom. The highest BCUT2D eigenvalue weighted by atomic mass is 32.2. The molecule has 4 fully saturated rings. The summed E-state index contributed by atoms with van der Waals surface area (Å²) in [7, 11) is -3.31. The number of hydrogen-bond acceptors (Lipinski definition) is 5. The quantitative estimate of drug-likeness (QED) is 0.735. The summed E-state index contributed by atoms with van der Waals surface area (Å²) in [5.41, 5.74) is 0.469. The van der Waals surface area contributed by atoms with Gasteiger partial charge in [0.1, 0.15) is 0 Å². The third kappa shape index (κ3) is 4.09. The average molecular weight is 406 g/mol. The first-order valence-corrected chi connectivity index (χ1v) is 11.9. The predicted octanol–water partition coefficient (Wildman–Crippen LogP) is 2.58. The number of carbonyl (C=O) groups is 2. The van der Waals surface area contributed by atoms with Gasteiger partial charge in [-0.2, -0.15) is 0 Å². The second-order valence-electron chi connectivity index (χ2n) is 9.07. The fraction of sp³-hybridized carbons (Fsp3) is 0.619. The van der Waals surface area contributed by atoms with Gasteiger partial charge in [0.2, 0.25) is 0 Å². The smallest absolute Gasteiger partial charge is 0.338 e. The summed E-state index contributed by atoms with van der Waals surface area (Å²) < 4.78 is 28.0. The van der Waals surface area contributed by atoms with Crippen LogP contribution < -0.4 is 5.32 Å². The first-order valence-electron chi connectivity index (χ1n) is 9.96. The molecule has 0 spiro atoms. The molecule has 0 aromatic heterocycles. The van der Waals surface area contributed by atoms with E-state index < -0.39 is 15.8 Å². The Balaban J connectivity index is 1.26. The molecule has 1 aromatic carbocycles. The lowest BCUT2D eigenvalue weighted by molar-refractivity contribution is -0.126. The van der Waals surface area contributed by atoms with Gasteiger partial charge in [0, 0.05) is 12.8 Å². The van der Waals surface area contributed by atoms with Crippen LogP contribution in [0.2, 0.25) is 0 Å². The number of benzene rings is 1. The highest BCUT2D eigenvalue weighted by molar-refractivity contribution is 7.90. The molecule has 5 rings (SSSR count). The first-order chi connectivity index (χ1) is 13.2. The SMILES string of the molecule is CS(=O)(=O)c1ccc(C(=O)OCC(=O)NCC23CC4CC(CC(C4)C2)C3)cc1. The van der Waals surface area contributed by atoms with Gasteiger partial charge in [0.15, 0.2) is 16.4 Å². The minimum atomic E-state index is -3.31. The van der Waals surface area contributed by atoms with Crippen LogP contribution in [-0.4, -0.2) is 39.7 Å². The third-order valence-corrected chi connectivity index (χ3v) is 7.81. The van der Waals surface area contributed by atoms with Gasteiger partial charge in [-0.05, 0) is 86.0 Å². The van der Waals surface area contributed by atoms with E-state index in [-0.39, 0.29) is 28.4 Å². The van der Waals surface area contributed by atoms with Crippen LogP contribution in [0.1, 0.15) is 48.9 Å². The van der Waals surface area contributed by atoms with E-state index in [0.717, 1.165) is 24.0 Å². The molecule has 0 atom stereocenters. The molecule has 4 aliphatic carbocycles. The van der Waals surface area contributed by atoms with Gasteiger partial charge in [0.05, 0.1) is 10.5 Å². The Bertz CT molecular complexity index is 839. The summed E-state index contributed by atoms with van der Waals surface area (Å²) in [5.74, 6) is 1.57. The summed E-state index contributed by atoms with van der Waals surface area (Å²) in [6.07, 6.45) is 8.84. The van der Waals surface area contributed by atoms with Crippen molar-refractivity contribution in [2.24, 2.45) is 23.2 Å². The Hall–Kier alpha value is -1.89. The normalized spacial score (nSPS) is 30.8. The molecular weight excluding hydrogens is 378 g/mol. The summed E-state index contributed by atoms with van der Waals surface area (Å²) in [5, 5.41) is 2.98. The molecule has 1 aromatic rings. The van der Waals surface area contributed by atoms with Crippen molar-refractivity contribution in [2.75, 3.05) is 19.4 Å². The zero-order valence-electron chi connectivity index (χ0n) is 16.1. The van der Waals surface area contributed by atoms with E-state index in [1.54, 1.807) is 0 Å². The monoisotopic (exact) mass is 405 g/mol. The summed E-state index contributed by atoms with van der Waals surface area (Å²) in [6, 6.07) is 5.51. The molecule has 4 saturated carbocycles. The highest BCUT2D eigenvalue weighted by Gasteiger charge is 2.50. The van der Waals surface area contributed by atoms with Crippen molar-refractivity contribution in [3.8, 4) is 0 Å². The zero-order chi connectivity index (χ0) is 19.9. The van der Waals surface area contributed by atoms with Gasteiger partial charge >= 0.3 is 5.97 Å². The molecule has 0 radical (unpaired) electrons.